The van der Waals surface area contributed by atoms with Crippen LogP contribution in [-0.2, 0) is 0 Å². The van der Waals surface area contributed by atoms with Crippen LogP contribution in [0, 0.1) is 0 Å². The molecule has 0 fully saturated rings. The molecule has 88 valence electrons. The topological polar surface area (TPSA) is 51.8 Å². The first-order valence-electron chi connectivity index (χ1n) is 5.60. The van der Waals surface area contributed by atoms with Crippen LogP contribution in [0.3, 0.4) is 0 Å². The molecule has 0 aliphatic rings. The molecule has 0 aliphatic carbocycles. The van der Waals surface area contributed by atoms with Crippen molar-refractivity contribution in [3.05, 3.63) is 48.3 Å². The summed E-state index contributed by atoms with van der Waals surface area (Å²) in [6, 6.07) is 10.2. The first kappa shape index (κ1) is 12.1. The fourth-order valence-corrected chi connectivity index (χ4v) is 2.17. The van der Waals surface area contributed by atoms with E-state index in [1.165, 1.54) is 5.56 Å². The van der Waals surface area contributed by atoms with Crippen molar-refractivity contribution in [3.63, 3.8) is 0 Å². The molecule has 1 aromatic carbocycles. The Labute approximate surface area is 105 Å². The van der Waals surface area contributed by atoms with Gasteiger partial charge in [0.05, 0.1) is 0 Å². The van der Waals surface area contributed by atoms with Gasteiger partial charge in [0.25, 0.3) is 0 Å². The smallest absolute Gasteiger partial charge is 0.192 e. The molecule has 0 unspecified atom stereocenters. The molecule has 0 amide bonds. The summed E-state index contributed by atoms with van der Waals surface area (Å²) in [6.45, 7) is 2.09. The summed E-state index contributed by atoms with van der Waals surface area (Å²) in [6.07, 6.45) is 4.45. The van der Waals surface area contributed by atoms with Crippen LogP contribution in [0.15, 0.2) is 52.8 Å². The normalized spacial score (nSPS) is 12.4. The second-order valence-corrected chi connectivity index (χ2v) is 4.76. The fraction of sp³-hybridized carbons (Fsp3) is 0.231. The Balaban J connectivity index is 2.08. The summed E-state index contributed by atoms with van der Waals surface area (Å²) >= 11 is 1.55. The highest BCUT2D eigenvalue weighted by Gasteiger charge is 2.04. The Morgan fingerprint density at radius 2 is 1.82 bits per heavy atom. The first-order valence-corrected chi connectivity index (χ1v) is 6.41. The summed E-state index contributed by atoms with van der Waals surface area (Å²) in [5.74, 6) is 0. The van der Waals surface area contributed by atoms with Crippen molar-refractivity contribution in [1.82, 2.24) is 9.97 Å². The van der Waals surface area contributed by atoms with Gasteiger partial charge in [0.1, 0.15) is 0 Å². The minimum absolute atomic E-state index is 0.127. The van der Waals surface area contributed by atoms with Gasteiger partial charge in [0.2, 0.25) is 0 Å². The van der Waals surface area contributed by atoms with Crippen molar-refractivity contribution >= 4 is 11.8 Å². The molecule has 0 aliphatic heterocycles. The van der Waals surface area contributed by atoms with E-state index in [0.29, 0.717) is 0 Å². The average Bonchev–Trinajstić information content (AvgIpc) is 2.40. The molecular weight excluding hydrogens is 230 g/mol. The summed E-state index contributed by atoms with van der Waals surface area (Å²) in [5, 5.41) is 0.764. The SMILES string of the molecule is CC[C@H](N)c1ccc(Sc2ncccn2)cc1. The van der Waals surface area contributed by atoms with Crippen LogP contribution in [-0.4, -0.2) is 9.97 Å². The zero-order valence-electron chi connectivity index (χ0n) is 9.71. The monoisotopic (exact) mass is 245 g/mol. The molecular formula is C13H15N3S. The van der Waals surface area contributed by atoms with E-state index in [9.17, 15) is 0 Å². The van der Waals surface area contributed by atoms with Crippen LogP contribution < -0.4 is 5.73 Å². The van der Waals surface area contributed by atoms with E-state index in [0.717, 1.165) is 16.5 Å². The van der Waals surface area contributed by atoms with Gasteiger partial charge in [-0.2, -0.15) is 0 Å². The van der Waals surface area contributed by atoms with E-state index in [1.807, 2.05) is 6.07 Å². The highest BCUT2D eigenvalue weighted by molar-refractivity contribution is 7.99. The van der Waals surface area contributed by atoms with Crippen LogP contribution in [0.2, 0.25) is 0 Å². The molecule has 1 heterocycles. The van der Waals surface area contributed by atoms with Crippen molar-refractivity contribution in [1.29, 1.82) is 0 Å². The molecule has 0 spiro atoms. The third-order valence-electron chi connectivity index (χ3n) is 2.50. The van der Waals surface area contributed by atoms with E-state index < -0.39 is 0 Å². The zero-order valence-corrected chi connectivity index (χ0v) is 10.5. The lowest BCUT2D eigenvalue weighted by atomic mass is 10.1. The number of nitrogens with two attached hydrogens (primary N) is 1. The molecule has 0 saturated carbocycles. The third-order valence-corrected chi connectivity index (χ3v) is 3.40. The quantitative estimate of drug-likeness (QED) is 0.841. The molecule has 4 heteroatoms. The third kappa shape index (κ3) is 3.28. The molecule has 0 saturated heterocycles. The molecule has 3 nitrogen and oxygen atoms in total. The van der Waals surface area contributed by atoms with Gasteiger partial charge < -0.3 is 5.73 Å². The number of hydrogen-bond acceptors (Lipinski definition) is 4. The standard InChI is InChI=1S/C13H15N3S/c1-2-12(14)10-4-6-11(7-5-10)17-13-15-8-3-9-16-13/h3-9,12H,2,14H2,1H3/t12-/m0/s1. The minimum Gasteiger partial charge on any atom is -0.324 e. The lowest BCUT2D eigenvalue weighted by Gasteiger charge is -2.09. The average molecular weight is 245 g/mol. The Morgan fingerprint density at radius 3 is 2.41 bits per heavy atom. The molecule has 2 N–H and O–H groups in total. The Kier molecular flexibility index (Phi) is 4.12. The Hall–Kier alpha value is -1.39. The molecule has 0 radical (unpaired) electrons. The maximum absolute atomic E-state index is 5.97. The second kappa shape index (κ2) is 5.80. The van der Waals surface area contributed by atoms with Gasteiger partial charge >= 0.3 is 0 Å². The zero-order chi connectivity index (χ0) is 12.1. The van der Waals surface area contributed by atoms with E-state index in [1.54, 1.807) is 24.2 Å². The van der Waals surface area contributed by atoms with E-state index in [4.69, 9.17) is 5.73 Å². The first-order chi connectivity index (χ1) is 8.29. The van der Waals surface area contributed by atoms with E-state index in [-0.39, 0.29) is 6.04 Å². The van der Waals surface area contributed by atoms with Crippen molar-refractivity contribution in [2.24, 2.45) is 5.73 Å². The van der Waals surface area contributed by atoms with Crippen LogP contribution in [0.1, 0.15) is 24.9 Å². The van der Waals surface area contributed by atoms with Gasteiger partial charge in [-0.3, -0.25) is 0 Å². The van der Waals surface area contributed by atoms with Crippen LogP contribution in [0.4, 0.5) is 0 Å². The predicted octanol–water partition coefficient (Wildman–Crippen LogP) is 3.04. The molecule has 17 heavy (non-hydrogen) atoms. The number of nitrogens with zero attached hydrogens (tertiary/aromatic N) is 2. The Morgan fingerprint density at radius 1 is 1.18 bits per heavy atom. The molecule has 1 aromatic heterocycles. The van der Waals surface area contributed by atoms with Gasteiger partial charge in [-0.25, -0.2) is 9.97 Å². The van der Waals surface area contributed by atoms with Crippen molar-refractivity contribution < 1.29 is 0 Å². The molecule has 0 bridgehead atoms. The number of benzene rings is 1. The van der Waals surface area contributed by atoms with Gasteiger partial charge in [0.15, 0.2) is 5.16 Å². The summed E-state index contributed by atoms with van der Waals surface area (Å²) < 4.78 is 0. The van der Waals surface area contributed by atoms with Gasteiger partial charge in [-0.1, -0.05) is 19.1 Å². The van der Waals surface area contributed by atoms with Crippen LogP contribution >= 0.6 is 11.8 Å². The van der Waals surface area contributed by atoms with Crippen LogP contribution in [0.5, 0.6) is 0 Å². The number of aromatic nitrogens is 2. The van der Waals surface area contributed by atoms with E-state index >= 15 is 0 Å². The van der Waals surface area contributed by atoms with Crippen molar-refractivity contribution in [2.45, 2.75) is 29.4 Å². The predicted molar refractivity (Wildman–Crippen MR) is 69.8 cm³/mol. The summed E-state index contributed by atoms with van der Waals surface area (Å²) in [4.78, 5) is 9.48. The van der Waals surface area contributed by atoms with Crippen molar-refractivity contribution in [3.8, 4) is 0 Å². The highest BCUT2D eigenvalue weighted by Crippen LogP contribution is 2.25. The van der Waals surface area contributed by atoms with Gasteiger partial charge in [0, 0.05) is 23.3 Å². The highest BCUT2D eigenvalue weighted by atomic mass is 32.2. The summed E-state index contributed by atoms with van der Waals surface area (Å²) in [7, 11) is 0. The fourth-order valence-electron chi connectivity index (χ4n) is 1.46. The Bertz CT molecular complexity index is 456. The second-order valence-electron chi connectivity index (χ2n) is 3.72. The van der Waals surface area contributed by atoms with Crippen LogP contribution in [0.25, 0.3) is 0 Å². The minimum atomic E-state index is 0.127. The lowest BCUT2D eigenvalue weighted by Crippen LogP contribution is -2.07. The lowest BCUT2D eigenvalue weighted by molar-refractivity contribution is 0.698. The largest absolute Gasteiger partial charge is 0.324 e. The maximum atomic E-state index is 5.97. The molecule has 2 rings (SSSR count). The molecule has 1 atom stereocenters. The van der Waals surface area contributed by atoms with Gasteiger partial charge in [-0.15, -0.1) is 0 Å². The maximum Gasteiger partial charge on any atom is 0.192 e. The number of rotatable bonds is 4. The van der Waals surface area contributed by atoms with Gasteiger partial charge in [-0.05, 0) is 41.9 Å². The van der Waals surface area contributed by atoms with Crippen molar-refractivity contribution in [2.75, 3.05) is 0 Å². The molecule has 2 aromatic rings. The number of hydrogen-bond donors (Lipinski definition) is 1. The summed E-state index contributed by atoms with van der Waals surface area (Å²) in [5.41, 5.74) is 7.14. The van der Waals surface area contributed by atoms with E-state index in [2.05, 4.69) is 41.2 Å².